The number of hydrogen-bond donors (Lipinski definition) is 2. The summed E-state index contributed by atoms with van der Waals surface area (Å²) in [6, 6.07) is 6.53. The molecule has 0 aliphatic heterocycles. The van der Waals surface area contributed by atoms with Crippen LogP contribution in [0.3, 0.4) is 0 Å². The molecule has 0 unspecified atom stereocenters. The molecule has 0 radical (unpaired) electrons. The van der Waals surface area contributed by atoms with E-state index < -0.39 is 0 Å². The van der Waals surface area contributed by atoms with Gasteiger partial charge in [-0.1, -0.05) is 25.1 Å². The molecule has 2 nitrogen and oxygen atoms in total. The van der Waals surface area contributed by atoms with Gasteiger partial charge in [0.1, 0.15) is 0 Å². The topological polar surface area (TPSA) is 24.1 Å². The molecule has 1 aromatic carbocycles. The Balaban J connectivity index is 2.16. The van der Waals surface area contributed by atoms with Crippen molar-refractivity contribution in [3.63, 3.8) is 0 Å². The van der Waals surface area contributed by atoms with E-state index in [4.69, 9.17) is 0 Å². The second-order valence-corrected chi connectivity index (χ2v) is 4.64. The van der Waals surface area contributed by atoms with Crippen molar-refractivity contribution in [1.29, 1.82) is 0 Å². The van der Waals surface area contributed by atoms with Crippen molar-refractivity contribution >= 4 is 0 Å². The summed E-state index contributed by atoms with van der Waals surface area (Å²) < 4.78 is 0. The fourth-order valence-electron chi connectivity index (χ4n) is 1.87. The number of hydrogen-bond acceptors (Lipinski definition) is 2. The highest BCUT2D eigenvalue weighted by molar-refractivity contribution is 5.32. The van der Waals surface area contributed by atoms with Crippen LogP contribution in [0.25, 0.3) is 0 Å². The van der Waals surface area contributed by atoms with E-state index in [1.54, 1.807) is 0 Å². The molecular formula is C15H26N2. The zero-order valence-corrected chi connectivity index (χ0v) is 11.5. The second-order valence-electron chi connectivity index (χ2n) is 4.64. The maximum Gasteiger partial charge on any atom is 0.0208 e. The Hall–Kier alpha value is -0.860. The smallest absolute Gasteiger partial charge is 0.0208 e. The van der Waals surface area contributed by atoms with E-state index in [0.717, 1.165) is 26.2 Å². The summed E-state index contributed by atoms with van der Waals surface area (Å²) in [5.41, 5.74) is 4.23. The Morgan fingerprint density at radius 1 is 1.00 bits per heavy atom. The SMILES string of the molecule is CCCNCCCNCc1cccc(C)c1C. The van der Waals surface area contributed by atoms with E-state index in [2.05, 4.69) is 49.6 Å². The third-order valence-corrected chi connectivity index (χ3v) is 3.17. The second kappa shape index (κ2) is 8.26. The van der Waals surface area contributed by atoms with Crippen LogP contribution >= 0.6 is 0 Å². The first-order chi connectivity index (χ1) is 8.25. The minimum atomic E-state index is 0.987. The Morgan fingerprint density at radius 2 is 1.76 bits per heavy atom. The molecule has 0 aliphatic rings. The van der Waals surface area contributed by atoms with Gasteiger partial charge in [-0.3, -0.25) is 0 Å². The van der Waals surface area contributed by atoms with E-state index in [1.807, 2.05) is 0 Å². The van der Waals surface area contributed by atoms with Crippen molar-refractivity contribution in [2.24, 2.45) is 0 Å². The Bertz CT molecular complexity index is 321. The predicted octanol–water partition coefficient (Wildman–Crippen LogP) is 2.78. The van der Waals surface area contributed by atoms with Gasteiger partial charge in [0.2, 0.25) is 0 Å². The van der Waals surface area contributed by atoms with Crippen molar-refractivity contribution in [2.75, 3.05) is 19.6 Å². The molecule has 1 rings (SSSR count). The van der Waals surface area contributed by atoms with E-state index in [1.165, 1.54) is 29.5 Å². The van der Waals surface area contributed by atoms with Gasteiger partial charge in [0, 0.05) is 6.54 Å². The summed E-state index contributed by atoms with van der Waals surface area (Å²) in [5.74, 6) is 0. The van der Waals surface area contributed by atoms with Crippen molar-refractivity contribution in [3.8, 4) is 0 Å². The molecule has 0 heterocycles. The molecule has 2 heteroatoms. The van der Waals surface area contributed by atoms with Crippen molar-refractivity contribution in [2.45, 2.75) is 40.2 Å². The van der Waals surface area contributed by atoms with Gasteiger partial charge in [-0.2, -0.15) is 0 Å². The summed E-state index contributed by atoms with van der Waals surface area (Å²) >= 11 is 0. The zero-order valence-electron chi connectivity index (χ0n) is 11.5. The summed E-state index contributed by atoms with van der Waals surface area (Å²) in [6.07, 6.45) is 2.42. The van der Waals surface area contributed by atoms with Crippen LogP contribution in [0.5, 0.6) is 0 Å². The lowest BCUT2D eigenvalue weighted by molar-refractivity contribution is 0.591. The highest BCUT2D eigenvalue weighted by Gasteiger charge is 1.99. The number of benzene rings is 1. The van der Waals surface area contributed by atoms with Gasteiger partial charge >= 0.3 is 0 Å². The van der Waals surface area contributed by atoms with Crippen molar-refractivity contribution in [1.82, 2.24) is 10.6 Å². The summed E-state index contributed by atoms with van der Waals surface area (Å²) in [7, 11) is 0. The molecule has 0 bridgehead atoms. The Kier molecular flexibility index (Phi) is 6.90. The van der Waals surface area contributed by atoms with Crippen LogP contribution in [-0.2, 0) is 6.54 Å². The van der Waals surface area contributed by atoms with Gasteiger partial charge in [0.15, 0.2) is 0 Å². The maximum absolute atomic E-state index is 3.51. The van der Waals surface area contributed by atoms with E-state index >= 15 is 0 Å². The minimum absolute atomic E-state index is 0.987. The minimum Gasteiger partial charge on any atom is -0.317 e. The molecule has 0 aromatic heterocycles. The normalized spacial score (nSPS) is 10.8. The van der Waals surface area contributed by atoms with Crippen LogP contribution < -0.4 is 10.6 Å². The summed E-state index contributed by atoms with van der Waals surface area (Å²) in [4.78, 5) is 0. The first kappa shape index (κ1) is 14.2. The van der Waals surface area contributed by atoms with Crippen LogP contribution in [0.4, 0.5) is 0 Å². The molecule has 0 spiro atoms. The lowest BCUT2D eigenvalue weighted by Crippen LogP contribution is -2.22. The third-order valence-electron chi connectivity index (χ3n) is 3.17. The number of aryl methyl sites for hydroxylation is 1. The highest BCUT2D eigenvalue weighted by Crippen LogP contribution is 2.11. The first-order valence-corrected chi connectivity index (χ1v) is 6.72. The van der Waals surface area contributed by atoms with Gasteiger partial charge in [0.05, 0.1) is 0 Å². The number of rotatable bonds is 8. The molecule has 96 valence electrons. The molecular weight excluding hydrogens is 208 g/mol. The van der Waals surface area contributed by atoms with Crippen molar-refractivity contribution < 1.29 is 0 Å². The molecule has 0 fully saturated rings. The lowest BCUT2D eigenvalue weighted by Gasteiger charge is -2.10. The first-order valence-electron chi connectivity index (χ1n) is 6.72. The van der Waals surface area contributed by atoms with Gasteiger partial charge < -0.3 is 10.6 Å². The molecule has 0 atom stereocenters. The monoisotopic (exact) mass is 234 g/mol. The molecule has 0 amide bonds. The van der Waals surface area contributed by atoms with Crippen LogP contribution in [0.15, 0.2) is 18.2 Å². The average Bonchev–Trinajstić information content (AvgIpc) is 2.33. The number of nitrogens with one attached hydrogen (secondary N) is 2. The summed E-state index contributed by atoms with van der Waals surface area (Å²) in [5, 5.41) is 6.92. The predicted molar refractivity (Wildman–Crippen MR) is 75.4 cm³/mol. The van der Waals surface area contributed by atoms with E-state index in [0.29, 0.717) is 0 Å². The molecule has 0 saturated heterocycles. The highest BCUT2D eigenvalue weighted by atomic mass is 14.9. The maximum atomic E-state index is 3.51. The molecule has 1 aromatic rings. The Labute approximate surface area is 106 Å². The quantitative estimate of drug-likeness (QED) is 0.676. The van der Waals surface area contributed by atoms with E-state index in [-0.39, 0.29) is 0 Å². The molecule has 0 aliphatic carbocycles. The third kappa shape index (κ3) is 5.33. The molecule has 0 saturated carbocycles. The fraction of sp³-hybridized carbons (Fsp3) is 0.600. The van der Waals surface area contributed by atoms with Gasteiger partial charge in [0.25, 0.3) is 0 Å². The standard InChI is InChI=1S/C15H26N2/c1-4-9-16-10-6-11-17-12-15-8-5-7-13(2)14(15)3/h5,7-8,16-17H,4,6,9-12H2,1-3H3. The molecule has 2 N–H and O–H groups in total. The zero-order chi connectivity index (χ0) is 12.5. The lowest BCUT2D eigenvalue weighted by atomic mass is 10.0. The van der Waals surface area contributed by atoms with Crippen LogP contribution in [0.2, 0.25) is 0 Å². The largest absolute Gasteiger partial charge is 0.317 e. The van der Waals surface area contributed by atoms with Gasteiger partial charge in [-0.15, -0.1) is 0 Å². The average molecular weight is 234 g/mol. The van der Waals surface area contributed by atoms with Crippen LogP contribution in [0, 0.1) is 13.8 Å². The Morgan fingerprint density at radius 3 is 2.53 bits per heavy atom. The van der Waals surface area contributed by atoms with E-state index in [9.17, 15) is 0 Å². The fourth-order valence-corrected chi connectivity index (χ4v) is 1.87. The van der Waals surface area contributed by atoms with Crippen LogP contribution in [-0.4, -0.2) is 19.6 Å². The van der Waals surface area contributed by atoms with Gasteiger partial charge in [-0.25, -0.2) is 0 Å². The molecule has 17 heavy (non-hydrogen) atoms. The summed E-state index contributed by atoms with van der Waals surface area (Å²) in [6.45, 7) is 10.9. The van der Waals surface area contributed by atoms with Crippen LogP contribution in [0.1, 0.15) is 36.5 Å². The van der Waals surface area contributed by atoms with Crippen molar-refractivity contribution in [3.05, 3.63) is 34.9 Å². The van der Waals surface area contributed by atoms with Gasteiger partial charge in [-0.05, 0) is 63.0 Å².